The molecule has 2 N–H and O–H groups in total. The highest BCUT2D eigenvalue weighted by molar-refractivity contribution is 5.82. The van der Waals surface area contributed by atoms with E-state index in [0.29, 0.717) is 25.8 Å². The number of esters is 1. The number of fused-ring (bicyclic) bond motifs is 2. The first kappa shape index (κ1) is 22.4. The summed E-state index contributed by atoms with van der Waals surface area (Å²) in [6.07, 6.45) is 5.44. The molecular weight excluding hydrogens is 372 g/mol. The molecule has 0 aromatic carbocycles. The SMILES string of the molecule is COC(=O)[C@]1([C@@H]2C[C@@H]3O[C@H]2[C@@H](O)[C@H](C)CCC/C(C)=C/CC[C@@]3(C)O)CCN=N1. The number of carbonyl (C=O) groups excluding carboxylic acids is 1. The van der Waals surface area contributed by atoms with E-state index in [0.717, 1.165) is 25.7 Å². The van der Waals surface area contributed by atoms with Gasteiger partial charge < -0.3 is 19.7 Å². The molecule has 3 rings (SSSR count). The second-order valence-corrected chi connectivity index (χ2v) is 9.37. The van der Waals surface area contributed by atoms with Gasteiger partial charge in [-0.2, -0.15) is 10.2 Å². The van der Waals surface area contributed by atoms with Gasteiger partial charge >= 0.3 is 5.97 Å². The fraction of sp³-hybridized carbons (Fsp3) is 0.864. The number of nitrogens with zero attached hydrogens (tertiary/aromatic N) is 2. The van der Waals surface area contributed by atoms with Gasteiger partial charge in [-0.1, -0.05) is 18.6 Å². The number of methoxy groups -OCH3 is 1. The number of allylic oxidation sites excluding steroid dienone is 2. The number of aliphatic hydroxyl groups excluding tert-OH is 1. The molecule has 0 aromatic heterocycles. The second kappa shape index (κ2) is 8.82. The maximum Gasteiger partial charge on any atom is 0.336 e. The van der Waals surface area contributed by atoms with E-state index in [1.165, 1.54) is 12.7 Å². The van der Waals surface area contributed by atoms with E-state index >= 15 is 0 Å². The van der Waals surface area contributed by atoms with Crippen molar-refractivity contribution in [2.24, 2.45) is 22.1 Å². The summed E-state index contributed by atoms with van der Waals surface area (Å²) in [6.45, 7) is 6.39. The van der Waals surface area contributed by atoms with Crippen molar-refractivity contribution in [2.75, 3.05) is 13.7 Å². The maximum atomic E-state index is 12.8. The molecule has 3 aliphatic rings. The Morgan fingerprint density at radius 1 is 1.38 bits per heavy atom. The lowest BCUT2D eigenvalue weighted by Gasteiger charge is -2.35. The Morgan fingerprint density at radius 2 is 2.14 bits per heavy atom. The van der Waals surface area contributed by atoms with Crippen LogP contribution >= 0.6 is 0 Å². The number of azo groups is 1. The lowest BCUT2D eigenvalue weighted by atomic mass is 9.73. The van der Waals surface area contributed by atoms with Gasteiger partial charge in [-0.05, 0) is 58.3 Å². The molecule has 3 aliphatic heterocycles. The second-order valence-electron chi connectivity index (χ2n) is 9.37. The molecule has 7 nitrogen and oxygen atoms in total. The first-order chi connectivity index (χ1) is 13.7. The van der Waals surface area contributed by atoms with Gasteiger partial charge in [-0.25, -0.2) is 4.79 Å². The zero-order valence-electron chi connectivity index (χ0n) is 18.1. The molecule has 2 bridgehead atoms. The van der Waals surface area contributed by atoms with Crippen molar-refractivity contribution in [2.45, 2.75) is 95.2 Å². The molecule has 1 fully saturated rings. The van der Waals surface area contributed by atoms with Crippen LogP contribution in [0.25, 0.3) is 0 Å². The highest BCUT2D eigenvalue weighted by atomic mass is 16.5. The van der Waals surface area contributed by atoms with E-state index in [4.69, 9.17) is 9.47 Å². The number of aliphatic hydroxyl groups is 2. The molecule has 0 unspecified atom stereocenters. The van der Waals surface area contributed by atoms with Crippen molar-refractivity contribution in [3.63, 3.8) is 0 Å². The summed E-state index contributed by atoms with van der Waals surface area (Å²) in [5.41, 5.74) is -0.881. The number of hydrogen-bond acceptors (Lipinski definition) is 7. The van der Waals surface area contributed by atoms with Crippen LogP contribution in [0, 0.1) is 11.8 Å². The van der Waals surface area contributed by atoms with Crippen molar-refractivity contribution in [1.82, 2.24) is 0 Å². The smallest absolute Gasteiger partial charge is 0.336 e. The molecule has 0 aliphatic carbocycles. The minimum Gasteiger partial charge on any atom is -0.467 e. The Hall–Kier alpha value is -1.31. The van der Waals surface area contributed by atoms with Gasteiger partial charge in [0.05, 0.1) is 37.6 Å². The molecule has 0 amide bonds. The fourth-order valence-corrected chi connectivity index (χ4v) is 5.14. The maximum absolute atomic E-state index is 12.8. The molecule has 0 aromatic rings. The Kier molecular flexibility index (Phi) is 6.81. The minimum atomic E-state index is -1.14. The first-order valence-corrected chi connectivity index (χ1v) is 10.9. The molecule has 0 radical (unpaired) electrons. The van der Waals surface area contributed by atoms with Crippen molar-refractivity contribution in [3.05, 3.63) is 11.6 Å². The zero-order valence-corrected chi connectivity index (χ0v) is 18.1. The van der Waals surface area contributed by atoms with Gasteiger partial charge in [0.15, 0.2) is 5.54 Å². The van der Waals surface area contributed by atoms with Crippen molar-refractivity contribution in [3.8, 4) is 0 Å². The fourth-order valence-electron chi connectivity index (χ4n) is 5.14. The average Bonchev–Trinajstić information content (AvgIpc) is 3.34. The topological polar surface area (TPSA) is 101 Å². The van der Waals surface area contributed by atoms with Crippen LogP contribution in [-0.2, 0) is 14.3 Å². The van der Waals surface area contributed by atoms with Crippen LogP contribution in [0.3, 0.4) is 0 Å². The largest absolute Gasteiger partial charge is 0.467 e. The number of rotatable bonds is 2. The minimum absolute atomic E-state index is 0.00721. The highest BCUT2D eigenvalue weighted by Crippen LogP contribution is 2.47. The molecule has 1 saturated heterocycles. The molecule has 7 atom stereocenters. The van der Waals surface area contributed by atoms with E-state index in [-0.39, 0.29) is 11.8 Å². The van der Waals surface area contributed by atoms with Crippen molar-refractivity contribution < 1.29 is 24.5 Å². The third-order valence-electron chi connectivity index (χ3n) is 7.17. The van der Waals surface area contributed by atoms with E-state index in [1.807, 2.05) is 6.92 Å². The molecule has 29 heavy (non-hydrogen) atoms. The van der Waals surface area contributed by atoms with Crippen molar-refractivity contribution in [1.29, 1.82) is 0 Å². The molecule has 164 valence electrons. The summed E-state index contributed by atoms with van der Waals surface area (Å²) in [5, 5.41) is 30.8. The lowest BCUT2D eigenvalue weighted by molar-refractivity contribution is -0.154. The van der Waals surface area contributed by atoms with Crippen LogP contribution in [0.1, 0.15) is 65.7 Å². The predicted molar refractivity (Wildman–Crippen MR) is 108 cm³/mol. The van der Waals surface area contributed by atoms with E-state index < -0.39 is 35.4 Å². The zero-order chi connectivity index (χ0) is 21.2. The first-order valence-electron chi connectivity index (χ1n) is 10.9. The van der Waals surface area contributed by atoms with Crippen LogP contribution in [0.2, 0.25) is 0 Å². The summed E-state index contributed by atoms with van der Waals surface area (Å²) in [7, 11) is 1.36. The van der Waals surface area contributed by atoms with Gasteiger partial charge in [-0.15, -0.1) is 0 Å². The molecular formula is C22H36N2O5. The molecule has 3 heterocycles. The summed E-state index contributed by atoms with van der Waals surface area (Å²) in [6, 6.07) is 0. The molecule has 0 saturated carbocycles. The quantitative estimate of drug-likeness (QED) is 0.540. The summed E-state index contributed by atoms with van der Waals surface area (Å²) in [4.78, 5) is 12.8. The van der Waals surface area contributed by atoms with Gasteiger partial charge in [0, 0.05) is 12.3 Å². The molecule has 7 heteroatoms. The highest BCUT2D eigenvalue weighted by Gasteiger charge is 2.60. The molecule has 0 spiro atoms. The number of hydrogen-bond donors (Lipinski definition) is 2. The lowest BCUT2D eigenvalue weighted by Crippen LogP contribution is -2.51. The summed E-state index contributed by atoms with van der Waals surface area (Å²) in [5.74, 6) is -0.805. The van der Waals surface area contributed by atoms with Gasteiger partial charge in [0.1, 0.15) is 0 Å². The van der Waals surface area contributed by atoms with Gasteiger partial charge in [0.2, 0.25) is 0 Å². The van der Waals surface area contributed by atoms with Crippen LogP contribution in [0.5, 0.6) is 0 Å². The van der Waals surface area contributed by atoms with E-state index in [9.17, 15) is 15.0 Å². The van der Waals surface area contributed by atoms with Crippen LogP contribution in [0.15, 0.2) is 21.9 Å². The third kappa shape index (κ3) is 4.42. The summed E-state index contributed by atoms with van der Waals surface area (Å²) < 4.78 is 11.4. The monoisotopic (exact) mass is 408 g/mol. The standard InChI is InChI=1S/C22H36N2O5/c1-14-7-5-9-15(2)18(25)19-16(22(20(26)28-4)11-12-23-24-22)13-17(29-19)21(3,27)10-6-8-14/h8,15-19,25,27H,5-7,9-13H2,1-4H3/b14-8+/t15-,16-,17+,18+,19-,21-,22-/m1/s1. The van der Waals surface area contributed by atoms with Gasteiger partial charge in [-0.3, -0.25) is 0 Å². The van der Waals surface area contributed by atoms with E-state index in [1.54, 1.807) is 6.92 Å². The van der Waals surface area contributed by atoms with E-state index in [2.05, 4.69) is 23.2 Å². The van der Waals surface area contributed by atoms with Crippen LogP contribution in [0.4, 0.5) is 0 Å². The Morgan fingerprint density at radius 3 is 2.79 bits per heavy atom. The Labute approximate surface area is 173 Å². The van der Waals surface area contributed by atoms with Crippen LogP contribution in [-0.4, -0.2) is 59.3 Å². The van der Waals surface area contributed by atoms with Crippen LogP contribution < -0.4 is 0 Å². The van der Waals surface area contributed by atoms with Crippen molar-refractivity contribution >= 4 is 5.97 Å². The Balaban J connectivity index is 1.96. The average molecular weight is 409 g/mol. The number of ether oxygens (including phenoxy) is 2. The van der Waals surface area contributed by atoms with Gasteiger partial charge in [0.25, 0.3) is 0 Å². The summed E-state index contributed by atoms with van der Waals surface area (Å²) >= 11 is 0. The predicted octanol–water partition coefficient (Wildman–Crippen LogP) is 3.19. The third-order valence-corrected chi connectivity index (χ3v) is 7.17. The Bertz CT molecular complexity index is 662. The number of carbonyl (C=O) groups is 1. The normalized spacial score (nSPS) is 45.6.